The molecule has 0 bridgehead atoms. The van der Waals surface area contributed by atoms with Crippen LogP contribution in [-0.4, -0.2) is 44.7 Å². The van der Waals surface area contributed by atoms with Crippen molar-refractivity contribution in [3.8, 4) is 0 Å². The maximum atomic E-state index is 13.3. The van der Waals surface area contributed by atoms with E-state index < -0.39 is 11.8 Å². The Morgan fingerprint density at radius 2 is 1.93 bits per heavy atom. The lowest BCUT2D eigenvalue weighted by molar-refractivity contribution is -0.0476. The van der Waals surface area contributed by atoms with Gasteiger partial charge in [0.2, 0.25) is 5.92 Å². The van der Waals surface area contributed by atoms with Crippen molar-refractivity contribution in [3.63, 3.8) is 0 Å². The summed E-state index contributed by atoms with van der Waals surface area (Å²) in [5.41, 5.74) is 6.18. The molecule has 162 valence electrons. The number of carbonyl (C=O) groups is 1. The first kappa shape index (κ1) is 20.5. The first-order chi connectivity index (χ1) is 14.4. The van der Waals surface area contributed by atoms with Crippen LogP contribution in [0.15, 0.2) is 18.6 Å². The molecule has 3 heterocycles. The highest BCUT2D eigenvalue weighted by Gasteiger charge is 2.35. The fourth-order valence-electron chi connectivity index (χ4n) is 4.13. The summed E-state index contributed by atoms with van der Waals surface area (Å²) in [6, 6.07) is 0. The van der Waals surface area contributed by atoms with Crippen LogP contribution >= 0.6 is 0 Å². The van der Waals surface area contributed by atoms with Gasteiger partial charge in [-0.05, 0) is 38.0 Å². The molecule has 3 N–H and O–H groups in total. The number of nitrogens with one attached hydrogen (secondary N) is 1. The number of nitrogens with two attached hydrogens (primary N) is 1. The van der Waals surface area contributed by atoms with Crippen molar-refractivity contribution >= 4 is 23.2 Å². The number of amides is 1. The Kier molecular flexibility index (Phi) is 5.83. The quantitative estimate of drug-likeness (QED) is 0.745. The summed E-state index contributed by atoms with van der Waals surface area (Å²) in [7, 11) is 0. The van der Waals surface area contributed by atoms with E-state index in [4.69, 9.17) is 5.73 Å². The molecule has 2 aromatic rings. The van der Waals surface area contributed by atoms with E-state index >= 15 is 0 Å². The van der Waals surface area contributed by atoms with Crippen LogP contribution in [0.2, 0.25) is 0 Å². The molecule has 2 fully saturated rings. The molecule has 1 saturated heterocycles. The Balaban J connectivity index is 1.46. The smallest absolute Gasteiger partial charge is 0.271 e. The lowest BCUT2D eigenvalue weighted by atomic mass is 9.87. The standard InChI is InChI=1S/C20H27F2N7O/c21-20(22)6-4-14(5-7-20)12-29-13-15(10-25-29)26-19-17(18(23)30)24-11-16(27-19)28-8-2-1-3-9-28/h10-11,13-14H,1-9,12H2,(H2,23,30)(H,26,27). The van der Waals surface area contributed by atoms with Crippen LogP contribution in [-0.2, 0) is 6.54 Å². The zero-order valence-electron chi connectivity index (χ0n) is 16.9. The molecule has 30 heavy (non-hydrogen) atoms. The first-order valence-electron chi connectivity index (χ1n) is 10.5. The molecule has 8 nitrogen and oxygen atoms in total. The van der Waals surface area contributed by atoms with Gasteiger partial charge in [-0.3, -0.25) is 9.48 Å². The predicted molar refractivity (Wildman–Crippen MR) is 109 cm³/mol. The molecular formula is C20H27F2N7O. The van der Waals surface area contributed by atoms with E-state index in [1.807, 2.05) is 0 Å². The highest BCUT2D eigenvalue weighted by molar-refractivity contribution is 5.96. The fourth-order valence-corrected chi connectivity index (χ4v) is 4.13. The van der Waals surface area contributed by atoms with Crippen molar-refractivity contribution < 1.29 is 13.6 Å². The zero-order chi connectivity index (χ0) is 21.1. The number of hydrogen-bond acceptors (Lipinski definition) is 6. The molecule has 0 unspecified atom stereocenters. The topological polar surface area (TPSA) is 102 Å². The molecule has 2 aromatic heterocycles. The number of rotatable bonds is 6. The Morgan fingerprint density at radius 1 is 1.20 bits per heavy atom. The van der Waals surface area contributed by atoms with Crippen LogP contribution in [0.4, 0.5) is 26.1 Å². The summed E-state index contributed by atoms with van der Waals surface area (Å²) in [6.07, 6.45) is 9.24. The second-order valence-electron chi connectivity index (χ2n) is 8.21. The molecule has 1 saturated carbocycles. The van der Waals surface area contributed by atoms with Crippen LogP contribution < -0.4 is 16.0 Å². The van der Waals surface area contributed by atoms with E-state index in [0.717, 1.165) is 25.9 Å². The number of piperidine rings is 1. The van der Waals surface area contributed by atoms with Gasteiger partial charge in [-0.1, -0.05) is 0 Å². The maximum Gasteiger partial charge on any atom is 0.271 e. The summed E-state index contributed by atoms with van der Waals surface area (Å²) in [5.74, 6) is -2.01. The minimum absolute atomic E-state index is 0.0646. The first-order valence-corrected chi connectivity index (χ1v) is 10.5. The van der Waals surface area contributed by atoms with E-state index in [1.165, 1.54) is 6.42 Å². The lowest BCUT2D eigenvalue weighted by Crippen LogP contribution is -2.30. The SMILES string of the molecule is NC(=O)c1ncc(N2CCCCC2)nc1Nc1cnn(CC2CCC(F)(F)CC2)c1. The molecule has 4 rings (SSSR count). The van der Waals surface area contributed by atoms with Gasteiger partial charge in [0, 0.05) is 38.7 Å². The van der Waals surface area contributed by atoms with Gasteiger partial charge in [-0.15, -0.1) is 0 Å². The van der Waals surface area contributed by atoms with Crippen LogP contribution in [0.25, 0.3) is 0 Å². The molecule has 1 aliphatic heterocycles. The summed E-state index contributed by atoms with van der Waals surface area (Å²) >= 11 is 0. The fraction of sp³-hybridized carbons (Fsp3) is 0.600. The van der Waals surface area contributed by atoms with Crippen LogP contribution in [0.3, 0.4) is 0 Å². The van der Waals surface area contributed by atoms with Gasteiger partial charge < -0.3 is 16.0 Å². The molecule has 1 amide bonds. The summed E-state index contributed by atoms with van der Waals surface area (Å²) in [4.78, 5) is 22.8. The van der Waals surface area contributed by atoms with Gasteiger partial charge in [-0.25, -0.2) is 18.7 Å². The number of alkyl halides is 2. The summed E-state index contributed by atoms with van der Waals surface area (Å²) in [6.45, 7) is 2.39. The second kappa shape index (κ2) is 8.53. The number of primary amides is 1. The molecular weight excluding hydrogens is 392 g/mol. The lowest BCUT2D eigenvalue weighted by Gasteiger charge is -2.28. The van der Waals surface area contributed by atoms with Crippen LogP contribution in [0, 0.1) is 5.92 Å². The van der Waals surface area contributed by atoms with Crippen molar-refractivity contribution in [2.45, 2.75) is 57.4 Å². The Hall–Kier alpha value is -2.78. The highest BCUT2D eigenvalue weighted by Crippen LogP contribution is 2.36. The maximum absolute atomic E-state index is 13.3. The average molecular weight is 419 g/mol. The van der Waals surface area contributed by atoms with E-state index in [9.17, 15) is 13.6 Å². The largest absolute Gasteiger partial charge is 0.364 e. The van der Waals surface area contributed by atoms with Gasteiger partial charge in [0.15, 0.2) is 11.5 Å². The molecule has 10 heteroatoms. The summed E-state index contributed by atoms with van der Waals surface area (Å²) in [5, 5.41) is 7.42. The number of anilines is 3. The number of carbonyl (C=O) groups excluding carboxylic acids is 1. The Morgan fingerprint density at radius 3 is 2.63 bits per heavy atom. The molecule has 0 atom stereocenters. The van der Waals surface area contributed by atoms with Crippen molar-refractivity contribution in [1.82, 2.24) is 19.7 Å². The van der Waals surface area contributed by atoms with E-state index in [0.29, 0.717) is 36.7 Å². The van der Waals surface area contributed by atoms with E-state index in [2.05, 4.69) is 25.3 Å². The van der Waals surface area contributed by atoms with Crippen LogP contribution in [0.5, 0.6) is 0 Å². The van der Waals surface area contributed by atoms with Crippen molar-refractivity contribution in [1.29, 1.82) is 0 Å². The third kappa shape index (κ3) is 4.85. The number of nitrogens with zero attached hydrogens (tertiary/aromatic N) is 5. The normalized spacial score (nSPS) is 19.6. The molecule has 2 aliphatic rings. The third-order valence-electron chi connectivity index (χ3n) is 5.85. The third-order valence-corrected chi connectivity index (χ3v) is 5.85. The monoisotopic (exact) mass is 419 g/mol. The molecule has 0 spiro atoms. The average Bonchev–Trinajstić information content (AvgIpc) is 3.17. The number of hydrogen-bond donors (Lipinski definition) is 2. The van der Waals surface area contributed by atoms with Gasteiger partial charge in [-0.2, -0.15) is 5.10 Å². The minimum Gasteiger partial charge on any atom is -0.364 e. The zero-order valence-corrected chi connectivity index (χ0v) is 16.9. The highest BCUT2D eigenvalue weighted by atomic mass is 19.3. The van der Waals surface area contributed by atoms with Crippen molar-refractivity contribution in [2.75, 3.05) is 23.3 Å². The Labute approximate surface area is 173 Å². The van der Waals surface area contributed by atoms with Crippen LogP contribution in [0.1, 0.15) is 55.4 Å². The van der Waals surface area contributed by atoms with Gasteiger partial charge in [0.1, 0.15) is 5.82 Å². The number of halogens is 2. The van der Waals surface area contributed by atoms with Gasteiger partial charge >= 0.3 is 0 Å². The Bertz CT molecular complexity index is 885. The minimum atomic E-state index is -2.53. The van der Waals surface area contributed by atoms with E-state index in [1.54, 1.807) is 23.3 Å². The predicted octanol–water partition coefficient (Wildman–Crippen LogP) is 3.33. The second-order valence-corrected chi connectivity index (χ2v) is 8.21. The van der Waals surface area contributed by atoms with Gasteiger partial charge in [0.25, 0.3) is 5.91 Å². The molecule has 0 radical (unpaired) electrons. The van der Waals surface area contributed by atoms with Crippen molar-refractivity contribution in [2.24, 2.45) is 11.7 Å². The summed E-state index contributed by atoms with van der Waals surface area (Å²) < 4.78 is 28.4. The van der Waals surface area contributed by atoms with Crippen molar-refractivity contribution in [3.05, 3.63) is 24.3 Å². The molecule has 0 aromatic carbocycles. The van der Waals surface area contributed by atoms with E-state index in [-0.39, 0.29) is 24.5 Å². The number of aromatic nitrogens is 4. The molecule has 1 aliphatic carbocycles. The van der Waals surface area contributed by atoms with Gasteiger partial charge in [0.05, 0.1) is 18.1 Å².